The minimum absolute atomic E-state index is 0.162. The zero-order valence-electron chi connectivity index (χ0n) is 16.2. The van der Waals surface area contributed by atoms with Crippen molar-refractivity contribution in [3.63, 3.8) is 0 Å². The maximum Gasteiger partial charge on any atom is 0.454 e. The van der Waals surface area contributed by atoms with Crippen molar-refractivity contribution in [1.29, 1.82) is 0 Å². The van der Waals surface area contributed by atoms with Gasteiger partial charge in [0, 0.05) is 19.6 Å². The van der Waals surface area contributed by atoms with Crippen LogP contribution in [0, 0.1) is 0 Å². The predicted molar refractivity (Wildman–Crippen MR) is 101 cm³/mol. The van der Waals surface area contributed by atoms with Gasteiger partial charge in [0.05, 0.1) is 10.5 Å². The van der Waals surface area contributed by atoms with Gasteiger partial charge in [-0.05, 0) is 42.8 Å². The van der Waals surface area contributed by atoms with E-state index in [0.717, 1.165) is 0 Å². The molecule has 29 heavy (non-hydrogen) atoms. The molecular formula is C17H24BrN3O8. The first kappa shape index (κ1) is 21.7. The summed E-state index contributed by atoms with van der Waals surface area (Å²) in [5.74, 6) is -0.274. The van der Waals surface area contributed by atoms with Gasteiger partial charge in [0.2, 0.25) is 5.88 Å². The number of carbonyl (C=O) groups is 2. The van der Waals surface area contributed by atoms with Gasteiger partial charge in [-0.1, -0.05) is 0 Å². The molecule has 12 heteroatoms. The topological polar surface area (TPSA) is 141 Å². The molecule has 0 saturated carbocycles. The Bertz CT molecular complexity index is 755. The van der Waals surface area contributed by atoms with E-state index in [2.05, 4.69) is 26.0 Å². The summed E-state index contributed by atoms with van der Waals surface area (Å²) in [6, 6.07) is -1.36. The summed E-state index contributed by atoms with van der Waals surface area (Å²) in [4.78, 5) is 28.6. The highest BCUT2D eigenvalue weighted by molar-refractivity contribution is 9.11. The van der Waals surface area contributed by atoms with Crippen molar-refractivity contribution in [2.24, 2.45) is 0 Å². The van der Waals surface area contributed by atoms with Crippen LogP contribution in [-0.2, 0) is 19.0 Å². The van der Waals surface area contributed by atoms with Gasteiger partial charge in [-0.25, -0.2) is 4.79 Å². The number of rotatable bonds is 2. The van der Waals surface area contributed by atoms with Gasteiger partial charge in [0.1, 0.15) is 18.0 Å². The SMILES string of the molecule is CC(C)(C)OC(=O)N1CCN2C(=O)C3NC(OC(O)(O)O)=C(Br)C=C3OCC2C1. The first-order chi connectivity index (χ1) is 13.3. The van der Waals surface area contributed by atoms with Crippen molar-refractivity contribution in [1.82, 2.24) is 15.1 Å². The number of hydrogen-bond donors (Lipinski definition) is 4. The molecule has 3 heterocycles. The number of amides is 2. The summed E-state index contributed by atoms with van der Waals surface area (Å²) in [7, 11) is 0. The van der Waals surface area contributed by atoms with Crippen molar-refractivity contribution >= 4 is 27.9 Å². The summed E-state index contributed by atoms with van der Waals surface area (Å²) in [5.41, 5.74) is -0.622. The molecule has 2 unspecified atom stereocenters. The van der Waals surface area contributed by atoms with Crippen LogP contribution in [0.2, 0.25) is 0 Å². The number of ether oxygens (including phenoxy) is 3. The van der Waals surface area contributed by atoms with Gasteiger partial charge < -0.3 is 44.6 Å². The van der Waals surface area contributed by atoms with Crippen molar-refractivity contribution in [2.45, 2.75) is 44.6 Å². The first-order valence-electron chi connectivity index (χ1n) is 8.99. The Morgan fingerprint density at radius 3 is 2.62 bits per heavy atom. The summed E-state index contributed by atoms with van der Waals surface area (Å²) in [5, 5.41) is 29.8. The number of halogens is 1. The van der Waals surface area contributed by atoms with Crippen molar-refractivity contribution < 1.29 is 39.1 Å². The second kappa shape index (κ2) is 7.67. The van der Waals surface area contributed by atoms with Crippen LogP contribution in [0.4, 0.5) is 4.79 Å². The molecule has 11 nitrogen and oxygen atoms in total. The third kappa shape index (κ3) is 5.13. The van der Waals surface area contributed by atoms with Crippen LogP contribution in [0.15, 0.2) is 22.2 Å². The van der Waals surface area contributed by atoms with Gasteiger partial charge >= 0.3 is 12.3 Å². The maximum absolute atomic E-state index is 13.1. The van der Waals surface area contributed by atoms with Gasteiger partial charge in [0.15, 0.2) is 6.04 Å². The zero-order valence-corrected chi connectivity index (χ0v) is 17.8. The molecule has 2 atom stereocenters. The predicted octanol–water partition coefficient (Wildman–Crippen LogP) is -0.511. The highest BCUT2D eigenvalue weighted by Gasteiger charge is 2.43. The minimum atomic E-state index is -3.41. The van der Waals surface area contributed by atoms with E-state index >= 15 is 0 Å². The Kier molecular flexibility index (Phi) is 5.73. The van der Waals surface area contributed by atoms with Gasteiger partial charge in [-0.15, -0.1) is 0 Å². The molecule has 0 bridgehead atoms. The molecule has 3 aliphatic rings. The van der Waals surface area contributed by atoms with Crippen LogP contribution in [-0.4, -0.2) is 87.2 Å². The largest absolute Gasteiger partial charge is 0.493 e. The molecule has 2 amide bonds. The number of fused-ring (bicyclic) bond motifs is 2. The van der Waals surface area contributed by atoms with Crippen LogP contribution in [0.25, 0.3) is 0 Å². The van der Waals surface area contributed by atoms with Crippen molar-refractivity contribution in [3.8, 4) is 0 Å². The number of allylic oxidation sites excluding steroid dienone is 2. The van der Waals surface area contributed by atoms with Crippen LogP contribution >= 0.6 is 15.9 Å². The first-order valence-corrected chi connectivity index (χ1v) is 9.78. The summed E-state index contributed by atoms with van der Waals surface area (Å²) >= 11 is 3.16. The Balaban J connectivity index is 1.73. The minimum Gasteiger partial charge on any atom is -0.493 e. The molecule has 3 rings (SSSR count). The highest BCUT2D eigenvalue weighted by Crippen LogP contribution is 2.29. The lowest BCUT2D eigenvalue weighted by Crippen LogP contribution is -2.60. The lowest BCUT2D eigenvalue weighted by Gasteiger charge is -2.40. The summed E-state index contributed by atoms with van der Waals surface area (Å²) in [6.07, 6.45) is -2.42. The number of dihydropyridines is 1. The Hall–Kier alpha value is -2.02. The van der Waals surface area contributed by atoms with E-state index in [1.165, 1.54) is 6.08 Å². The monoisotopic (exact) mass is 477 g/mol. The third-order valence-corrected chi connectivity index (χ3v) is 4.98. The smallest absolute Gasteiger partial charge is 0.454 e. The molecule has 0 spiro atoms. The molecule has 0 aliphatic carbocycles. The van der Waals surface area contributed by atoms with E-state index in [1.807, 2.05) is 0 Å². The Morgan fingerprint density at radius 2 is 2.00 bits per heavy atom. The molecule has 4 N–H and O–H groups in total. The Labute approximate surface area is 175 Å². The van der Waals surface area contributed by atoms with E-state index < -0.39 is 23.9 Å². The number of nitrogens with zero attached hydrogens (tertiary/aromatic N) is 2. The van der Waals surface area contributed by atoms with E-state index in [1.54, 1.807) is 30.6 Å². The zero-order chi connectivity index (χ0) is 21.6. The van der Waals surface area contributed by atoms with Gasteiger partial charge in [-0.3, -0.25) is 4.79 Å². The molecule has 0 aromatic rings. The molecule has 3 aliphatic heterocycles. The number of hydrogen-bond acceptors (Lipinski definition) is 9. The third-order valence-electron chi connectivity index (χ3n) is 4.39. The fourth-order valence-corrected chi connectivity index (χ4v) is 3.63. The van der Waals surface area contributed by atoms with Crippen LogP contribution in [0.1, 0.15) is 20.8 Å². The van der Waals surface area contributed by atoms with E-state index in [4.69, 9.17) is 24.8 Å². The normalized spacial score (nSPS) is 25.2. The quantitative estimate of drug-likeness (QED) is 0.386. The fraction of sp³-hybridized carbons (Fsp3) is 0.647. The maximum atomic E-state index is 13.1. The fourth-order valence-electron chi connectivity index (χ4n) is 3.21. The molecule has 0 aromatic heterocycles. The van der Waals surface area contributed by atoms with E-state index in [0.29, 0.717) is 12.3 Å². The van der Waals surface area contributed by atoms with Crippen molar-refractivity contribution in [2.75, 3.05) is 26.2 Å². The average Bonchev–Trinajstić information content (AvgIpc) is 2.70. The number of carbonyl (C=O) groups excluding carboxylic acids is 2. The lowest BCUT2D eigenvalue weighted by molar-refractivity contribution is -0.443. The number of piperazine rings is 1. The van der Waals surface area contributed by atoms with Crippen LogP contribution in [0.5, 0.6) is 0 Å². The number of nitrogens with one attached hydrogen (secondary N) is 1. The Morgan fingerprint density at radius 1 is 1.31 bits per heavy atom. The second-order valence-electron chi connectivity index (χ2n) is 7.90. The molecule has 0 aromatic carbocycles. The summed E-state index contributed by atoms with van der Waals surface area (Å²) < 4.78 is 16.0. The van der Waals surface area contributed by atoms with E-state index in [9.17, 15) is 9.59 Å². The van der Waals surface area contributed by atoms with E-state index in [-0.39, 0.29) is 42.0 Å². The molecule has 0 radical (unpaired) electrons. The highest BCUT2D eigenvalue weighted by atomic mass is 79.9. The summed E-state index contributed by atoms with van der Waals surface area (Å²) in [6.45, 7) is 6.36. The second-order valence-corrected chi connectivity index (χ2v) is 8.75. The average molecular weight is 478 g/mol. The van der Waals surface area contributed by atoms with Crippen LogP contribution < -0.4 is 5.32 Å². The molecular weight excluding hydrogens is 454 g/mol. The molecule has 2 saturated heterocycles. The molecule has 162 valence electrons. The number of aliphatic hydroxyl groups is 3. The van der Waals surface area contributed by atoms with Crippen molar-refractivity contribution in [3.05, 3.63) is 22.2 Å². The van der Waals surface area contributed by atoms with Gasteiger partial charge in [-0.2, -0.15) is 0 Å². The molecule has 2 fully saturated rings. The van der Waals surface area contributed by atoms with Gasteiger partial charge in [0.25, 0.3) is 5.91 Å². The standard InChI is InChI=1S/C17H24BrN3O8/c1-16(2,3)29-15(23)20-4-5-21-9(7-20)8-27-11-6-10(18)13(28-17(24,25)26)19-12(11)14(21)22/h6,9,12,19,24-26H,4-5,7-8H2,1-3H3. The lowest BCUT2D eigenvalue weighted by atomic mass is 10.1. The van der Waals surface area contributed by atoms with Crippen LogP contribution in [0.3, 0.4) is 0 Å².